The van der Waals surface area contributed by atoms with Crippen molar-refractivity contribution in [2.24, 2.45) is 0 Å². The fourth-order valence-corrected chi connectivity index (χ4v) is 2.35. The Morgan fingerprint density at radius 1 is 1.14 bits per heavy atom. The predicted octanol–water partition coefficient (Wildman–Crippen LogP) is 5.28. The number of carbonyl (C=O) groups excluding carboxylic acids is 1. The van der Waals surface area contributed by atoms with Crippen LogP contribution in [0.2, 0.25) is 15.1 Å². The lowest BCUT2D eigenvalue weighted by atomic mass is 9.92. The minimum Gasteiger partial charge on any atom is -0.292 e. The second-order valence-electron chi connectivity index (χ2n) is 4.20. The molecule has 6 heteroatoms. The molecule has 0 radical (unpaired) electrons. The van der Waals surface area contributed by atoms with Crippen LogP contribution in [0.25, 0.3) is 0 Å². The number of Topliss-reactive ketones (excluding diaryl/α,β-unsaturated/α-hetero) is 1. The van der Waals surface area contributed by atoms with Crippen molar-refractivity contribution < 1.29 is 9.18 Å². The Bertz CT molecular complexity index is 755. The van der Waals surface area contributed by atoms with Gasteiger partial charge >= 0.3 is 0 Å². The molecule has 0 fully saturated rings. The van der Waals surface area contributed by atoms with Gasteiger partial charge in [-0.25, -0.2) is 4.39 Å². The highest BCUT2D eigenvalue weighted by molar-refractivity contribution is 6.42. The van der Waals surface area contributed by atoms with Crippen LogP contribution in [-0.2, 0) is 0 Å². The molecule has 0 aliphatic carbocycles. The summed E-state index contributed by atoms with van der Waals surface area (Å²) in [7, 11) is 0. The molecule has 2 nitrogen and oxygen atoms in total. The topological polar surface area (TPSA) is 40.9 Å². The summed E-state index contributed by atoms with van der Waals surface area (Å²) in [5.74, 6) is -2.45. The van der Waals surface area contributed by atoms with Gasteiger partial charge in [-0.15, -0.1) is 0 Å². The number of hydrogen-bond acceptors (Lipinski definition) is 2. The highest BCUT2D eigenvalue weighted by Crippen LogP contribution is 2.30. The second kappa shape index (κ2) is 6.44. The lowest BCUT2D eigenvalue weighted by Gasteiger charge is -2.11. The SMILES string of the molecule is N#CC(C(=O)c1cccc(F)c1Cl)c1ccc(Cl)c(Cl)c1. The van der Waals surface area contributed by atoms with Crippen LogP contribution in [0.1, 0.15) is 21.8 Å². The van der Waals surface area contributed by atoms with Gasteiger partial charge < -0.3 is 0 Å². The van der Waals surface area contributed by atoms with Crippen LogP contribution in [0.15, 0.2) is 36.4 Å². The third kappa shape index (κ3) is 3.19. The molecular weight excluding hydrogens is 336 g/mol. The Kier molecular flexibility index (Phi) is 4.84. The van der Waals surface area contributed by atoms with E-state index in [0.29, 0.717) is 10.6 Å². The molecule has 0 aromatic heterocycles. The smallest absolute Gasteiger partial charge is 0.186 e. The van der Waals surface area contributed by atoms with E-state index in [1.807, 2.05) is 6.07 Å². The van der Waals surface area contributed by atoms with Crippen molar-refractivity contribution >= 4 is 40.6 Å². The van der Waals surface area contributed by atoms with Crippen molar-refractivity contribution in [1.29, 1.82) is 5.26 Å². The monoisotopic (exact) mass is 341 g/mol. The average molecular weight is 343 g/mol. The summed E-state index contributed by atoms with van der Waals surface area (Å²) in [6.45, 7) is 0. The first-order valence-corrected chi connectivity index (χ1v) is 6.92. The maximum absolute atomic E-state index is 13.4. The molecule has 0 amide bonds. The Labute approximate surface area is 135 Å². The quantitative estimate of drug-likeness (QED) is 0.712. The minimum atomic E-state index is -1.14. The summed E-state index contributed by atoms with van der Waals surface area (Å²) >= 11 is 17.5. The van der Waals surface area contributed by atoms with Gasteiger partial charge in [0.1, 0.15) is 11.7 Å². The van der Waals surface area contributed by atoms with Gasteiger partial charge in [0.15, 0.2) is 5.78 Å². The molecule has 0 aliphatic rings. The number of nitrogens with zero attached hydrogens (tertiary/aromatic N) is 1. The van der Waals surface area contributed by atoms with E-state index in [1.165, 1.54) is 30.3 Å². The van der Waals surface area contributed by atoms with E-state index in [0.717, 1.165) is 6.07 Å². The van der Waals surface area contributed by atoms with E-state index in [-0.39, 0.29) is 15.6 Å². The number of carbonyl (C=O) groups is 1. The van der Waals surface area contributed by atoms with Crippen LogP contribution in [0.4, 0.5) is 4.39 Å². The molecule has 2 aromatic carbocycles. The van der Waals surface area contributed by atoms with Crippen molar-refractivity contribution in [2.45, 2.75) is 5.92 Å². The van der Waals surface area contributed by atoms with Crippen molar-refractivity contribution in [2.75, 3.05) is 0 Å². The molecule has 2 aromatic rings. The molecule has 21 heavy (non-hydrogen) atoms. The summed E-state index contributed by atoms with van der Waals surface area (Å²) < 4.78 is 13.4. The van der Waals surface area contributed by atoms with Crippen LogP contribution in [0.5, 0.6) is 0 Å². The molecule has 0 saturated heterocycles. The fourth-order valence-electron chi connectivity index (χ4n) is 1.83. The van der Waals surface area contributed by atoms with E-state index in [4.69, 9.17) is 34.8 Å². The molecule has 0 bridgehead atoms. The summed E-state index contributed by atoms with van der Waals surface area (Å²) in [5.41, 5.74) is 0.325. The van der Waals surface area contributed by atoms with Crippen LogP contribution in [-0.4, -0.2) is 5.78 Å². The van der Waals surface area contributed by atoms with Gasteiger partial charge in [-0.05, 0) is 29.8 Å². The van der Waals surface area contributed by atoms with Crippen LogP contribution in [0.3, 0.4) is 0 Å². The predicted molar refractivity (Wildman–Crippen MR) is 80.6 cm³/mol. The maximum Gasteiger partial charge on any atom is 0.186 e. The Balaban J connectivity index is 2.46. The number of ketones is 1. The normalized spacial score (nSPS) is 11.8. The number of halogens is 4. The number of benzene rings is 2. The maximum atomic E-state index is 13.4. The Morgan fingerprint density at radius 3 is 2.48 bits per heavy atom. The van der Waals surface area contributed by atoms with E-state index in [1.54, 1.807) is 0 Å². The van der Waals surface area contributed by atoms with E-state index >= 15 is 0 Å². The molecule has 0 aliphatic heterocycles. The van der Waals surface area contributed by atoms with Gasteiger partial charge in [0.2, 0.25) is 0 Å². The third-order valence-electron chi connectivity index (χ3n) is 2.89. The highest BCUT2D eigenvalue weighted by Gasteiger charge is 2.25. The Morgan fingerprint density at radius 2 is 1.86 bits per heavy atom. The minimum absolute atomic E-state index is 0.0470. The molecule has 106 valence electrons. The summed E-state index contributed by atoms with van der Waals surface area (Å²) in [6, 6.07) is 10.2. The van der Waals surface area contributed by atoms with Gasteiger partial charge in [-0.3, -0.25) is 4.79 Å². The molecule has 0 saturated carbocycles. The Hall–Kier alpha value is -1.60. The van der Waals surface area contributed by atoms with Gasteiger partial charge in [0.25, 0.3) is 0 Å². The van der Waals surface area contributed by atoms with E-state index in [2.05, 4.69) is 0 Å². The van der Waals surface area contributed by atoms with Crippen LogP contribution in [0, 0.1) is 17.1 Å². The lowest BCUT2D eigenvalue weighted by Crippen LogP contribution is -2.12. The van der Waals surface area contributed by atoms with E-state index in [9.17, 15) is 14.4 Å². The fraction of sp³-hybridized carbons (Fsp3) is 0.0667. The molecule has 1 atom stereocenters. The number of hydrogen-bond donors (Lipinski definition) is 0. The van der Waals surface area contributed by atoms with E-state index < -0.39 is 17.5 Å². The summed E-state index contributed by atoms with van der Waals surface area (Å²) in [4.78, 5) is 12.4. The molecule has 2 rings (SSSR count). The largest absolute Gasteiger partial charge is 0.292 e. The van der Waals surface area contributed by atoms with Crippen molar-refractivity contribution in [1.82, 2.24) is 0 Å². The number of nitriles is 1. The van der Waals surface area contributed by atoms with Crippen molar-refractivity contribution in [3.8, 4) is 6.07 Å². The van der Waals surface area contributed by atoms with Gasteiger partial charge in [0.05, 0.1) is 21.1 Å². The lowest BCUT2D eigenvalue weighted by molar-refractivity contribution is 0.0978. The first-order valence-electron chi connectivity index (χ1n) is 5.78. The van der Waals surface area contributed by atoms with Gasteiger partial charge in [-0.1, -0.05) is 46.9 Å². The van der Waals surface area contributed by atoms with Crippen LogP contribution < -0.4 is 0 Å². The first kappa shape index (κ1) is 15.8. The first-order chi connectivity index (χ1) is 9.95. The molecule has 0 heterocycles. The van der Waals surface area contributed by atoms with Crippen LogP contribution >= 0.6 is 34.8 Å². The number of rotatable bonds is 3. The third-order valence-corrected chi connectivity index (χ3v) is 4.01. The zero-order chi connectivity index (χ0) is 15.6. The summed E-state index contributed by atoms with van der Waals surface area (Å²) in [5, 5.41) is 9.49. The van der Waals surface area contributed by atoms with Crippen molar-refractivity contribution in [3.63, 3.8) is 0 Å². The van der Waals surface area contributed by atoms with Gasteiger partial charge in [-0.2, -0.15) is 5.26 Å². The summed E-state index contributed by atoms with van der Waals surface area (Å²) in [6.07, 6.45) is 0. The highest BCUT2D eigenvalue weighted by atomic mass is 35.5. The standard InChI is InChI=1S/C15H7Cl3FNO/c16-11-5-4-8(6-12(11)17)10(7-20)15(21)9-2-1-3-13(19)14(9)18/h1-6,10H. The molecular formula is C15H7Cl3FNO. The molecule has 1 unspecified atom stereocenters. The molecule has 0 spiro atoms. The second-order valence-corrected chi connectivity index (χ2v) is 5.39. The van der Waals surface area contributed by atoms with Crippen molar-refractivity contribution in [3.05, 3.63) is 68.4 Å². The molecule has 0 N–H and O–H groups in total. The zero-order valence-electron chi connectivity index (χ0n) is 10.4. The van der Waals surface area contributed by atoms with Gasteiger partial charge in [0, 0.05) is 5.56 Å². The average Bonchev–Trinajstić information content (AvgIpc) is 2.46. The zero-order valence-corrected chi connectivity index (χ0v) is 12.7.